The number of aryl methyl sites for hydroxylation is 1. The van der Waals surface area contributed by atoms with Gasteiger partial charge in [0.1, 0.15) is 11.0 Å². The van der Waals surface area contributed by atoms with E-state index in [4.69, 9.17) is 5.11 Å². The Hall–Kier alpha value is -1.63. The van der Waals surface area contributed by atoms with Gasteiger partial charge in [-0.15, -0.1) is 11.3 Å². The molecule has 0 radical (unpaired) electrons. The highest BCUT2D eigenvalue weighted by molar-refractivity contribution is 7.09. The van der Waals surface area contributed by atoms with Gasteiger partial charge in [0.2, 0.25) is 0 Å². The molecule has 0 aliphatic carbocycles. The van der Waals surface area contributed by atoms with E-state index in [1.165, 1.54) is 11.3 Å². The van der Waals surface area contributed by atoms with E-state index in [9.17, 15) is 9.59 Å². The molecule has 6 nitrogen and oxygen atoms in total. The number of amides is 2. The summed E-state index contributed by atoms with van der Waals surface area (Å²) in [7, 11) is 0. The van der Waals surface area contributed by atoms with E-state index >= 15 is 0 Å². The molecule has 1 aromatic rings. The second-order valence-electron chi connectivity index (χ2n) is 4.24. The van der Waals surface area contributed by atoms with Crippen molar-refractivity contribution in [2.75, 3.05) is 0 Å². The molecule has 1 rings (SSSR count). The van der Waals surface area contributed by atoms with E-state index in [2.05, 4.69) is 15.6 Å². The predicted molar refractivity (Wildman–Crippen MR) is 73.2 cm³/mol. The van der Waals surface area contributed by atoms with E-state index in [-0.39, 0.29) is 0 Å². The molecule has 1 aromatic heterocycles. The van der Waals surface area contributed by atoms with Gasteiger partial charge < -0.3 is 15.7 Å². The van der Waals surface area contributed by atoms with E-state index in [0.29, 0.717) is 13.0 Å². The zero-order valence-electron chi connectivity index (χ0n) is 11.1. The number of hydrogen-bond acceptors (Lipinski definition) is 4. The van der Waals surface area contributed by atoms with Gasteiger partial charge in [-0.3, -0.25) is 0 Å². The summed E-state index contributed by atoms with van der Waals surface area (Å²) in [5.74, 6) is -1.01. The highest BCUT2D eigenvalue weighted by Crippen LogP contribution is 2.07. The second-order valence-corrected chi connectivity index (χ2v) is 5.19. The number of carbonyl (C=O) groups is 2. The van der Waals surface area contributed by atoms with Crippen molar-refractivity contribution >= 4 is 23.3 Å². The van der Waals surface area contributed by atoms with E-state index in [0.717, 1.165) is 23.5 Å². The standard InChI is InChI=1S/C12H19N3O3S/c1-3-4-5-9(11(16)17)15-12(18)13-6-10-14-8(2)7-19-10/h7,9H,3-6H2,1-2H3,(H,16,17)(H2,13,15,18). The minimum Gasteiger partial charge on any atom is -0.480 e. The number of nitrogens with zero attached hydrogens (tertiary/aromatic N) is 1. The van der Waals surface area contributed by atoms with Crippen molar-refractivity contribution in [2.45, 2.75) is 45.7 Å². The number of aliphatic carboxylic acids is 1. The van der Waals surface area contributed by atoms with Crippen LogP contribution in [0.25, 0.3) is 0 Å². The zero-order chi connectivity index (χ0) is 14.3. The SMILES string of the molecule is CCCCC(NC(=O)NCc1nc(C)cs1)C(=O)O. The molecule has 1 atom stereocenters. The van der Waals surface area contributed by atoms with Crippen LogP contribution in [0.3, 0.4) is 0 Å². The predicted octanol–water partition coefficient (Wildman–Crippen LogP) is 1.89. The van der Waals surface area contributed by atoms with Crippen LogP contribution in [0.5, 0.6) is 0 Å². The summed E-state index contributed by atoms with van der Waals surface area (Å²) in [4.78, 5) is 26.8. The van der Waals surface area contributed by atoms with Gasteiger partial charge in [-0.25, -0.2) is 14.6 Å². The number of unbranched alkanes of at least 4 members (excludes halogenated alkanes) is 1. The smallest absolute Gasteiger partial charge is 0.326 e. The highest BCUT2D eigenvalue weighted by Gasteiger charge is 2.18. The maximum atomic E-state index is 11.6. The highest BCUT2D eigenvalue weighted by atomic mass is 32.1. The number of rotatable bonds is 7. The molecule has 0 saturated heterocycles. The van der Waals surface area contributed by atoms with E-state index in [1.807, 2.05) is 19.2 Å². The topological polar surface area (TPSA) is 91.3 Å². The minimum atomic E-state index is -1.01. The lowest BCUT2D eigenvalue weighted by Crippen LogP contribution is -2.45. The first kappa shape index (κ1) is 15.4. The van der Waals surface area contributed by atoms with Gasteiger partial charge in [-0.05, 0) is 13.3 Å². The van der Waals surface area contributed by atoms with E-state index in [1.54, 1.807) is 0 Å². The normalized spacial score (nSPS) is 11.9. The van der Waals surface area contributed by atoms with Crippen molar-refractivity contribution in [2.24, 2.45) is 0 Å². The number of carbonyl (C=O) groups excluding carboxylic acids is 1. The van der Waals surface area contributed by atoms with Gasteiger partial charge in [0.15, 0.2) is 0 Å². The Morgan fingerprint density at radius 3 is 2.79 bits per heavy atom. The molecule has 0 aliphatic rings. The third-order valence-corrected chi connectivity index (χ3v) is 3.48. The summed E-state index contributed by atoms with van der Waals surface area (Å²) >= 11 is 1.46. The summed E-state index contributed by atoms with van der Waals surface area (Å²) in [5.41, 5.74) is 0.911. The van der Waals surface area contributed by atoms with Crippen molar-refractivity contribution in [3.63, 3.8) is 0 Å². The van der Waals surface area contributed by atoms with Gasteiger partial charge in [0.25, 0.3) is 0 Å². The molecule has 0 spiro atoms. The van der Waals surface area contributed by atoms with Gasteiger partial charge >= 0.3 is 12.0 Å². The summed E-state index contributed by atoms with van der Waals surface area (Å²) in [6.45, 7) is 4.17. The molecule has 1 unspecified atom stereocenters. The van der Waals surface area contributed by atoms with Gasteiger partial charge in [-0.1, -0.05) is 19.8 Å². The minimum absolute atomic E-state index is 0.310. The van der Waals surface area contributed by atoms with Crippen LogP contribution in [0.15, 0.2) is 5.38 Å². The monoisotopic (exact) mass is 285 g/mol. The molecule has 19 heavy (non-hydrogen) atoms. The average molecular weight is 285 g/mol. The Morgan fingerprint density at radius 1 is 1.53 bits per heavy atom. The molecule has 0 fully saturated rings. The lowest BCUT2D eigenvalue weighted by molar-refractivity contribution is -0.139. The number of carboxylic acids is 1. The lowest BCUT2D eigenvalue weighted by atomic mass is 10.1. The maximum absolute atomic E-state index is 11.6. The fraction of sp³-hybridized carbons (Fsp3) is 0.583. The lowest BCUT2D eigenvalue weighted by Gasteiger charge is -2.14. The van der Waals surface area contributed by atoms with Crippen LogP contribution in [0, 0.1) is 6.92 Å². The molecule has 0 aromatic carbocycles. The third-order valence-electron chi connectivity index (χ3n) is 2.52. The van der Waals surface area contributed by atoms with Crippen molar-refractivity contribution < 1.29 is 14.7 Å². The summed E-state index contributed by atoms with van der Waals surface area (Å²) in [5, 5.41) is 16.7. The number of carboxylic acid groups (broad SMARTS) is 1. The number of urea groups is 1. The van der Waals surface area contributed by atoms with Gasteiger partial charge in [-0.2, -0.15) is 0 Å². The summed E-state index contributed by atoms with van der Waals surface area (Å²) in [6, 6.07) is -1.31. The largest absolute Gasteiger partial charge is 0.480 e. The van der Waals surface area contributed by atoms with Crippen molar-refractivity contribution in [3.8, 4) is 0 Å². The fourth-order valence-corrected chi connectivity index (χ4v) is 2.23. The van der Waals surface area contributed by atoms with Crippen molar-refractivity contribution in [1.82, 2.24) is 15.6 Å². The Morgan fingerprint density at radius 2 is 2.26 bits per heavy atom. The van der Waals surface area contributed by atoms with Crippen LogP contribution in [-0.4, -0.2) is 28.1 Å². The molecular formula is C12H19N3O3S. The molecule has 0 bridgehead atoms. The number of hydrogen-bond donors (Lipinski definition) is 3. The molecule has 106 valence electrons. The molecule has 0 aliphatic heterocycles. The average Bonchev–Trinajstić information content (AvgIpc) is 2.77. The zero-order valence-corrected chi connectivity index (χ0v) is 11.9. The second kappa shape index (κ2) is 7.73. The van der Waals surface area contributed by atoms with Crippen LogP contribution < -0.4 is 10.6 Å². The number of thiazole rings is 1. The van der Waals surface area contributed by atoms with Crippen LogP contribution in [0.4, 0.5) is 4.79 Å². The van der Waals surface area contributed by atoms with Gasteiger partial charge in [0, 0.05) is 11.1 Å². The molecule has 1 heterocycles. The first-order valence-corrected chi connectivity index (χ1v) is 7.09. The Balaban J connectivity index is 2.37. The Kier molecular flexibility index (Phi) is 6.27. The molecule has 0 saturated carbocycles. The quantitative estimate of drug-likeness (QED) is 0.713. The first-order valence-electron chi connectivity index (χ1n) is 6.21. The van der Waals surface area contributed by atoms with Crippen LogP contribution in [0.2, 0.25) is 0 Å². The summed E-state index contributed by atoms with van der Waals surface area (Å²) in [6.07, 6.45) is 2.10. The van der Waals surface area contributed by atoms with Crippen molar-refractivity contribution in [3.05, 3.63) is 16.1 Å². The first-order chi connectivity index (χ1) is 9.02. The maximum Gasteiger partial charge on any atom is 0.326 e. The number of nitrogens with one attached hydrogen (secondary N) is 2. The van der Waals surface area contributed by atoms with Crippen LogP contribution in [0.1, 0.15) is 36.9 Å². The fourth-order valence-electron chi connectivity index (χ4n) is 1.51. The van der Waals surface area contributed by atoms with Crippen molar-refractivity contribution in [1.29, 1.82) is 0 Å². The van der Waals surface area contributed by atoms with E-state index < -0.39 is 18.0 Å². The molecule has 2 amide bonds. The Bertz CT molecular complexity index is 434. The van der Waals surface area contributed by atoms with Gasteiger partial charge in [0.05, 0.1) is 6.54 Å². The Labute approximate surface area is 116 Å². The molecular weight excluding hydrogens is 266 g/mol. The third kappa shape index (κ3) is 5.69. The number of aromatic nitrogens is 1. The summed E-state index contributed by atoms with van der Waals surface area (Å²) < 4.78 is 0. The van der Waals surface area contributed by atoms with Crippen LogP contribution >= 0.6 is 11.3 Å². The molecule has 3 N–H and O–H groups in total. The molecule has 7 heteroatoms. The van der Waals surface area contributed by atoms with Crippen LogP contribution in [-0.2, 0) is 11.3 Å².